The number of aliphatic imine (C=N–C) groups is 1. The van der Waals surface area contributed by atoms with Gasteiger partial charge in [0.1, 0.15) is 0 Å². The van der Waals surface area contributed by atoms with Gasteiger partial charge in [-0.2, -0.15) is 0 Å². The van der Waals surface area contributed by atoms with Gasteiger partial charge >= 0.3 is 0 Å². The van der Waals surface area contributed by atoms with Crippen LogP contribution in [0.4, 0.5) is 0 Å². The van der Waals surface area contributed by atoms with Gasteiger partial charge in [-0.25, -0.2) is 4.98 Å². The average Bonchev–Trinajstić information content (AvgIpc) is 2.49. The van der Waals surface area contributed by atoms with E-state index in [9.17, 15) is 0 Å². The van der Waals surface area contributed by atoms with Crippen molar-refractivity contribution < 1.29 is 4.74 Å². The molecule has 0 radical (unpaired) electrons. The van der Waals surface area contributed by atoms with Crippen LogP contribution in [0.5, 0.6) is 5.88 Å². The summed E-state index contributed by atoms with van der Waals surface area (Å²) in [6, 6.07) is 3.94. The molecule has 0 bridgehead atoms. The Morgan fingerprint density at radius 3 is 2.85 bits per heavy atom. The predicted octanol–water partition coefficient (Wildman–Crippen LogP) is 2.34. The van der Waals surface area contributed by atoms with Gasteiger partial charge in [-0.1, -0.05) is 26.3 Å². The Bertz CT molecular complexity index is 407. The van der Waals surface area contributed by atoms with Gasteiger partial charge in [0.15, 0.2) is 5.96 Å². The Hall–Kier alpha value is -1.78. The van der Waals surface area contributed by atoms with Crippen molar-refractivity contribution in [3.8, 4) is 5.88 Å². The summed E-state index contributed by atoms with van der Waals surface area (Å²) in [6.07, 6.45) is 5.03. The standard InChI is InChI=1S/C15H26N4O/c1-4-6-9-18-15(16-3)19-12-13-8-7-10-17-14(13)20-11-5-2/h7-8,10H,4-6,9,11-12H2,1-3H3,(H2,16,18,19). The van der Waals surface area contributed by atoms with E-state index in [2.05, 4.69) is 34.5 Å². The van der Waals surface area contributed by atoms with E-state index in [1.54, 1.807) is 13.2 Å². The molecule has 0 unspecified atom stereocenters. The molecule has 5 heteroatoms. The van der Waals surface area contributed by atoms with Crippen LogP contribution in [0.2, 0.25) is 0 Å². The zero-order valence-corrected chi connectivity index (χ0v) is 12.8. The van der Waals surface area contributed by atoms with Crippen LogP contribution in [0.25, 0.3) is 0 Å². The lowest BCUT2D eigenvalue weighted by Gasteiger charge is -2.13. The van der Waals surface area contributed by atoms with E-state index in [0.717, 1.165) is 30.9 Å². The van der Waals surface area contributed by atoms with Crippen LogP contribution >= 0.6 is 0 Å². The third kappa shape index (κ3) is 5.91. The highest BCUT2D eigenvalue weighted by atomic mass is 16.5. The maximum atomic E-state index is 5.64. The fourth-order valence-corrected chi connectivity index (χ4v) is 1.67. The summed E-state index contributed by atoms with van der Waals surface area (Å²) in [5.74, 6) is 1.51. The summed E-state index contributed by atoms with van der Waals surface area (Å²) in [6.45, 7) is 6.53. The number of hydrogen-bond donors (Lipinski definition) is 2. The Morgan fingerprint density at radius 2 is 2.15 bits per heavy atom. The molecule has 0 aliphatic heterocycles. The van der Waals surface area contributed by atoms with E-state index in [1.165, 1.54) is 6.42 Å². The third-order valence-electron chi connectivity index (χ3n) is 2.79. The van der Waals surface area contributed by atoms with Crippen LogP contribution < -0.4 is 15.4 Å². The first-order valence-corrected chi connectivity index (χ1v) is 7.33. The molecule has 0 atom stereocenters. The van der Waals surface area contributed by atoms with Crippen LogP contribution in [-0.4, -0.2) is 31.1 Å². The molecule has 0 aromatic carbocycles. The number of ether oxygens (including phenoxy) is 1. The minimum absolute atomic E-state index is 0.651. The summed E-state index contributed by atoms with van der Waals surface area (Å²) in [7, 11) is 1.78. The number of hydrogen-bond acceptors (Lipinski definition) is 3. The summed E-state index contributed by atoms with van der Waals surface area (Å²) >= 11 is 0. The van der Waals surface area contributed by atoms with Crippen LogP contribution in [0.3, 0.4) is 0 Å². The van der Waals surface area contributed by atoms with Gasteiger partial charge in [0.2, 0.25) is 5.88 Å². The summed E-state index contributed by atoms with van der Waals surface area (Å²) in [5, 5.41) is 6.56. The fraction of sp³-hybridized carbons (Fsp3) is 0.600. The van der Waals surface area contributed by atoms with Crippen LogP contribution in [-0.2, 0) is 6.54 Å². The second-order valence-corrected chi connectivity index (χ2v) is 4.52. The minimum Gasteiger partial charge on any atom is -0.477 e. The molecule has 0 aliphatic rings. The normalized spacial score (nSPS) is 11.2. The number of nitrogens with one attached hydrogen (secondary N) is 2. The Morgan fingerprint density at radius 1 is 1.30 bits per heavy atom. The van der Waals surface area contributed by atoms with Crippen LogP contribution in [0.1, 0.15) is 38.7 Å². The minimum atomic E-state index is 0.651. The maximum absolute atomic E-state index is 5.64. The van der Waals surface area contributed by atoms with Gasteiger partial charge in [-0.3, -0.25) is 4.99 Å². The van der Waals surface area contributed by atoms with Crippen LogP contribution in [0, 0.1) is 0 Å². The van der Waals surface area contributed by atoms with E-state index in [1.807, 2.05) is 12.1 Å². The number of unbranched alkanes of at least 4 members (excludes halogenated alkanes) is 1. The first kappa shape index (κ1) is 16.3. The maximum Gasteiger partial charge on any atom is 0.218 e. The lowest BCUT2D eigenvalue weighted by atomic mass is 10.2. The number of guanidine groups is 1. The summed E-state index contributed by atoms with van der Waals surface area (Å²) in [5.41, 5.74) is 1.04. The number of pyridine rings is 1. The van der Waals surface area contributed by atoms with Crippen molar-refractivity contribution in [2.24, 2.45) is 4.99 Å². The first-order chi connectivity index (χ1) is 9.81. The molecular weight excluding hydrogens is 252 g/mol. The molecule has 5 nitrogen and oxygen atoms in total. The molecule has 1 aromatic rings. The SMILES string of the molecule is CCCCNC(=NC)NCc1cccnc1OCCC. The van der Waals surface area contributed by atoms with E-state index < -0.39 is 0 Å². The number of nitrogens with zero attached hydrogens (tertiary/aromatic N) is 2. The zero-order valence-electron chi connectivity index (χ0n) is 12.8. The molecule has 0 aliphatic carbocycles. The Kier molecular flexibility index (Phi) is 8.19. The molecule has 1 aromatic heterocycles. The second kappa shape index (κ2) is 10.1. The van der Waals surface area contributed by atoms with Crippen molar-refractivity contribution in [3.05, 3.63) is 23.9 Å². The van der Waals surface area contributed by atoms with E-state index in [4.69, 9.17) is 4.74 Å². The summed E-state index contributed by atoms with van der Waals surface area (Å²) in [4.78, 5) is 8.47. The quantitative estimate of drug-likeness (QED) is 0.435. The van der Waals surface area contributed by atoms with Gasteiger partial charge in [0, 0.05) is 31.9 Å². The topological polar surface area (TPSA) is 58.5 Å². The Balaban J connectivity index is 2.50. The molecule has 0 spiro atoms. The smallest absolute Gasteiger partial charge is 0.218 e. The Labute approximate surface area is 121 Å². The summed E-state index contributed by atoms with van der Waals surface area (Å²) < 4.78 is 5.64. The lowest BCUT2D eigenvalue weighted by molar-refractivity contribution is 0.301. The van der Waals surface area contributed by atoms with Gasteiger partial charge in [0.05, 0.1) is 6.61 Å². The van der Waals surface area contributed by atoms with Crippen molar-refractivity contribution in [2.75, 3.05) is 20.2 Å². The van der Waals surface area contributed by atoms with Gasteiger partial charge in [-0.15, -0.1) is 0 Å². The van der Waals surface area contributed by atoms with Crippen molar-refractivity contribution in [1.29, 1.82) is 0 Å². The molecule has 0 saturated carbocycles. The zero-order chi connectivity index (χ0) is 14.6. The third-order valence-corrected chi connectivity index (χ3v) is 2.79. The largest absolute Gasteiger partial charge is 0.477 e. The molecular formula is C15H26N4O. The fourth-order valence-electron chi connectivity index (χ4n) is 1.67. The molecule has 2 N–H and O–H groups in total. The van der Waals surface area contributed by atoms with Gasteiger partial charge < -0.3 is 15.4 Å². The van der Waals surface area contributed by atoms with Crippen molar-refractivity contribution in [2.45, 2.75) is 39.7 Å². The molecule has 0 fully saturated rings. The van der Waals surface area contributed by atoms with E-state index >= 15 is 0 Å². The molecule has 20 heavy (non-hydrogen) atoms. The van der Waals surface area contributed by atoms with Crippen molar-refractivity contribution in [3.63, 3.8) is 0 Å². The number of aromatic nitrogens is 1. The highest BCUT2D eigenvalue weighted by molar-refractivity contribution is 5.79. The molecule has 1 heterocycles. The molecule has 1 rings (SSSR count). The van der Waals surface area contributed by atoms with E-state index in [-0.39, 0.29) is 0 Å². The first-order valence-electron chi connectivity index (χ1n) is 7.33. The molecule has 0 saturated heterocycles. The lowest BCUT2D eigenvalue weighted by Crippen LogP contribution is -2.37. The monoisotopic (exact) mass is 278 g/mol. The highest BCUT2D eigenvalue weighted by Gasteiger charge is 2.05. The van der Waals surface area contributed by atoms with Crippen LogP contribution in [0.15, 0.2) is 23.3 Å². The van der Waals surface area contributed by atoms with Crippen molar-refractivity contribution >= 4 is 5.96 Å². The average molecular weight is 278 g/mol. The molecule has 0 amide bonds. The van der Waals surface area contributed by atoms with E-state index in [0.29, 0.717) is 19.0 Å². The van der Waals surface area contributed by atoms with Gasteiger partial charge in [-0.05, 0) is 18.9 Å². The number of rotatable bonds is 8. The highest BCUT2D eigenvalue weighted by Crippen LogP contribution is 2.13. The second-order valence-electron chi connectivity index (χ2n) is 4.52. The molecule has 112 valence electrons. The predicted molar refractivity (Wildman–Crippen MR) is 83.1 cm³/mol. The van der Waals surface area contributed by atoms with Crippen molar-refractivity contribution in [1.82, 2.24) is 15.6 Å². The van der Waals surface area contributed by atoms with Gasteiger partial charge in [0.25, 0.3) is 0 Å².